The summed E-state index contributed by atoms with van der Waals surface area (Å²) in [6.45, 7) is 6.08. The summed E-state index contributed by atoms with van der Waals surface area (Å²) in [5, 5.41) is 12.1. The minimum absolute atomic E-state index is 0.0573. The van der Waals surface area contributed by atoms with Crippen molar-refractivity contribution >= 4 is 5.91 Å². The molecule has 0 heterocycles. The lowest BCUT2D eigenvalue weighted by Gasteiger charge is -2.19. The Kier molecular flexibility index (Phi) is 4.44. The van der Waals surface area contributed by atoms with Gasteiger partial charge in [0.1, 0.15) is 5.92 Å². The first-order chi connectivity index (χ1) is 9.51. The maximum atomic E-state index is 12.2. The van der Waals surface area contributed by atoms with Crippen LogP contribution in [0, 0.1) is 37.0 Å². The molecule has 2 atom stereocenters. The van der Waals surface area contributed by atoms with Gasteiger partial charge in [-0.15, -0.1) is 0 Å². The van der Waals surface area contributed by atoms with Crippen LogP contribution < -0.4 is 5.32 Å². The average molecular weight is 270 g/mol. The van der Waals surface area contributed by atoms with E-state index in [0.717, 1.165) is 18.4 Å². The molecular weight excluding hydrogens is 248 g/mol. The maximum Gasteiger partial charge on any atom is 0.237 e. The zero-order chi connectivity index (χ0) is 14.7. The fourth-order valence-electron chi connectivity index (χ4n) is 2.61. The smallest absolute Gasteiger partial charge is 0.237 e. The normalized spacial score (nSPS) is 17.1. The van der Waals surface area contributed by atoms with Crippen LogP contribution in [-0.4, -0.2) is 5.91 Å². The number of hydrogen-bond donors (Lipinski definition) is 1. The van der Waals surface area contributed by atoms with Crippen molar-refractivity contribution in [3.05, 3.63) is 34.9 Å². The summed E-state index contributed by atoms with van der Waals surface area (Å²) in [6.07, 6.45) is 3.04. The Bertz CT molecular complexity index is 540. The third-order valence-corrected chi connectivity index (χ3v) is 3.99. The summed E-state index contributed by atoms with van der Waals surface area (Å²) in [5.41, 5.74) is 3.51. The fraction of sp³-hybridized carbons (Fsp3) is 0.529. The second-order valence-corrected chi connectivity index (χ2v) is 5.95. The zero-order valence-electron chi connectivity index (χ0n) is 12.4. The topological polar surface area (TPSA) is 52.9 Å². The second-order valence-electron chi connectivity index (χ2n) is 5.95. The van der Waals surface area contributed by atoms with Gasteiger partial charge in [-0.2, -0.15) is 5.26 Å². The van der Waals surface area contributed by atoms with E-state index < -0.39 is 5.92 Å². The van der Waals surface area contributed by atoms with Gasteiger partial charge in [-0.05, 0) is 44.2 Å². The minimum atomic E-state index is -0.504. The lowest BCUT2D eigenvalue weighted by Crippen LogP contribution is -2.32. The van der Waals surface area contributed by atoms with Crippen LogP contribution in [0.4, 0.5) is 0 Å². The molecule has 1 fully saturated rings. The highest BCUT2D eigenvalue weighted by Crippen LogP contribution is 2.35. The molecule has 0 aromatic heterocycles. The summed E-state index contributed by atoms with van der Waals surface area (Å²) in [7, 11) is 0. The van der Waals surface area contributed by atoms with Crippen LogP contribution in [0.5, 0.6) is 0 Å². The molecule has 1 saturated carbocycles. The van der Waals surface area contributed by atoms with E-state index in [9.17, 15) is 4.79 Å². The van der Waals surface area contributed by atoms with Gasteiger partial charge < -0.3 is 5.32 Å². The number of rotatable bonds is 5. The van der Waals surface area contributed by atoms with E-state index in [1.54, 1.807) is 0 Å². The Hall–Kier alpha value is -1.82. The van der Waals surface area contributed by atoms with Crippen LogP contribution in [0.25, 0.3) is 0 Å². The lowest BCUT2D eigenvalue weighted by atomic mass is 9.98. The van der Waals surface area contributed by atoms with Crippen LogP contribution >= 0.6 is 0 Å². The molecule has 0 saturated heterocycles. The first-order valence-electron chi connectivity index (χ1n) is 7.28. The highest BCUT2D eigenvalue weighted by Gasteiger charge is 2.29. The van der Waals surface area contributed by atoms with Crippen LogP contribution in [0.2, 0.25) is 0 Å². The summed E-state index contributed by atoms with van der Waals surface area (Å²) in [4.78, 5) is 12.2. The largest absolute Gasteiger partial charge is 0.348 e. The number of nitrogens with zero attached hydrogens (tertiary/aromatic N) is 1. The molecule has 0 radical (unpaired) electrons. The van der Waals surface area contributed by atoms with Crippen molar-refractivity contribution in [1.82, 2.24) is 5.32 Å². The predicted molar refractivity (Wildman–Crippen MR) is 78.9 cm³/mol. The first-order valence-corrected chi connectivity index (χ1v) is 7.28. The minimum Gasteiger partial charge on any atom is -0.348 e. The van der Waals surface area contributed by atoms with Crippen molar-refractivity contribution in [3.63, 3.8) is 0 Å². The van der Waals surface area contributed by atoms with Crippen molar-refractivity contribution in [2.75, 3.05) is 0 Å². The third kappa shape index (κ3) is 3.60. The average Bonchev–Trinajstić information content (AvgIpc) is 3.19. The highest BCUT2D eigenvalue weighted by molar-refractivity contribution is 5.81. The van der Waals surface area contributed by atoms with Crippen molar-refractivity contribution < 1.29 is 4.79 Å². The number of carbonyl (C=O) groups is 1. The summed E-state index contributed by atoms with van der Waals surface area (Å²) in [5.74, 6) is -0.0515. The van der Waals surface area contributed by atoms with Gasteiger partial charge in [0.25, 0.3) is 0 Å². The van der Waals surface area contributed by atoms with Crippen molar-refractivity contribution in [3.8, 4) is 6.07 Å². The van der Waals surface area contributed by atoms with Crippen LogP contribution in [-0.2, 0) is 4.79 Å². The number of amides is 1. The van der Waals surface area contributed by atoms with E-state index in [2.05, 4.69) is 43.4 Å². The fourth-order valence-corrected chi connectivity index (χ4v) is 2.61. The molecule has 3 heteroatoms. The molecule has 1 aliphatic rings. The van der Waals surface area contributed by atoms with Gasteiger partial charge in [0.15, 0.2) is 0 Å². The molecule has 1 aromatic carbocycles. The van der Waals surface area contributed by atoms with Gasteiger partial charge in [-0.25, -0.2) is 0 Å². The summed E-state index contributed by atoms with van der Waals surface area (Å²) >= 11 is 0. The van der Waals surface area contributed by atoms with E-state index in [4.69, 9.17) is 5.26 Å². The molecule has 2 unspecified atom stereocenters. The number of hydrogen-bond acceptors (Lipinski definition) is 2. The van der Waals surface area contributed by atoms with E-state index in [1.165, 1.54) is 11.1 Å². The SMILES string of the molecule is Cc1ccc(C(C)NC(=O)C(C#N)CC2CC2)c(C)c1. The highest BCUT2D eigenvalue weighted by atomic mass is 16.1. The Morgan fingerprint density at radius 1 is 1.45 bits per heavy atom. The molecular formula is C17H22N2O. The van der Waals surface area contributed by atoms with Gasteiger partial charge in [0.05, 0.1) is 12.1 Å². The Morgan fingerprint density at radius 2 is 2.15 bits per heavy atom. The standard InChI is InChI=1S/C17H22N2O/c1-11-4-7-16(12(2)8-11)13(3)19-17(20)15(10-18)9-14-5-6-14/h4,7-8,13-15H,5-6,9H2,1-3H3,(H,19,20). The quantitative estimate of drug-likeness (QED) is 0.891. The predicted octanol–water partition coefficient (Wildman–Crippen LogP) is 3.42. The number of aryl methyl sites for hydroxylation is 2. The molecule has 3 nitrogen and oxygen atoms in total. The van der Waals surface area contributed by atoms with Crippen molar-refractivity contribution in [2.24, 2.45) is 11.8 Å². The summed E-state index contributed by atoms with van der Waals surface area (Å²) < 4.78 is 0. The number of benzene rings is 1. The molecule has 106 valence electrons. The monoisotopic (exact) mass is 270 g/mol. The zero-order valence-corrected chi connectivity index (χ0v) is 12.4. The number of nitriles is 1. The van der Waals surface area contributed by atoms with Gasteiger partial charge in [0.2, 0.25) is 5.91 Å². The van der Waals surface area contributed by atoms with Gasteiger partial charge in [-0.3, -0.25) is 4.79 Å². The Labute approximate surface area is 121 Å². The van der Waals surface area contributed by atoms with Crippen molar-refractivity contribution in [1.29, 1.82) is 5.26 Å². The molecule has 1 aromatic rings. The molecule has 0 aliphatic heterocycles. The third-order valence-electron chi connectivity index (χ3n) is 3.99. The number of carbonyl (C=O) groups excluding carboxylic acids is 1. The van der Waals surface area contributed by atoms with Gasteiger partial charge in [-0.1, -0.05) is 36.6 Å². The number of nitrogens with one attached hydrogen (secondary N) is 1. The molecule has 0 spiro atoms. The summed E-state index contributed by atoms with van der Waals surface area (Å²) in [6, 6.07) is 8.31. The van der Waals surface area contributed by atoms with Gasteiger partial charge >= 0.3 is 0 Å². The maximum absolute atomic E-state index is 12.2. The first kappa shape index (κ1) is 14.6. The molecule has 1 amide bonds. The molecule has 1 aliphatic carbocycles. The Balaban J connectivity index is 2.00. The van der Waals surface area contributed by atoms with Crippen molar-refractivity contribution in [2.45, 2.75) is 46.1 Å². The lowest BCUT2D eigenvalue weighted by molar-refractivity contribution is -0.124. The van der Waals surface area contributed by atoms with Crippen LogP contribution in [0.1, 0.15) is 48.9 Å². The van der Waals surface area contributed by atoms with E-state index >= 15 is 0 Å². The van der Waals surface area contributed by atoms with Crippen LogP contribution in [0.3, 0.4) is 0 Å². The Morgan fingerprint density at radius 3 is 2.70 bits per heavy atom. The van der Waals surface area contributed by atoms with Gasteiger partial charge in [0, 0.05) is 0 Å². The van der Waals surface area contributed by atoms with E-state index in [1.807, 2.05) is 6.92 Å². The van der Waals surface area contributed by atoms with Crippen LogP contribution in [0.15, 0.2) is 18.2 Å². The molecule has 1 N–H and O–H groups in total. The molecule has 0 bridgehead atoms. The molecule has 2 rings (SSSR count). The molecule has 20 heavy (non-hydrogen) atoms. The second kappa shape index (κ2) is 6.09. The van der Waals surface area contributed by atoms with E-state index in [-0.39, 0.29) is 11.9 Å². The van der Waals surface area contributed by atoms with E-state index in [0.29, 0.717) is 12.3 Å².